The Morgan fingerprint density at radius 3 is 2.13 bits per heavy atom. The van der Waals surface area contributed by atoms with Crippen molar-refractivity contribution in [1.82, 2.24) is 26.2 Å². The van der Waals surface area contributed by atoms with E-state index in [0.717, 1.165) is 70.6 Å². The van der Waals surface area contributed by atoms with Crippen LogP contribution in [0.1, 0.15) is 117 Å². The number of carbonyl (C=O) groups excluding carboxylic acids is 5. The molecule has 5 amide bonds. The molecule has 1 heterocycles. The smallest absolute Gasteiger partial charge is 0.245 e. The molecular weight excluding hydrogens is 690 g/mol. The van der Waals surface area contributed by atoms with Gasteiger partial charge in [0.25, 0.3) is 0 Å². The zero-order valence-corrected chi connectivity index (χ0v) is 33.1. The summed E-state index contributed by atoms with van der Waals surface area (Å²) in [5, 5.41) is 11.5. The van der Waals surface area contributed by atoms with E-state index in [2.05, 4.69) is 21.3 Å². The number of carbonyl (C=O) groups is 5. The van der Waals surface area contributed by atoms with Gasteiger partial charge in [0.15, 0.2) is 0 Å². The van der Waals surface area contributed by atoms with Gasteiger partial charge in [-0.25, -0.2) is 0 Å². The average molecular weight is 760 g/mol. The number of nitrogens with one attached hydrogen (secondary N) is 4. The fourth-order valence-corrected chi connectivity index (χ4v) is 9.55. The minimum Gasteiger partial charge on any atom is -0.376 e. The summed E-state index contributed by atoms with van der Waals surface area (Å²) in [6.45, 7) is 4.46. The summed E-state index contributed by atoms with van der Waals surface area (Å²) in [5.41, 5.74) is 12.3. The normalized spacial score (nSPS) is 34.1. The number of nitrogens with zero attached hydrogens (tertiary/aromatic N) is 1. The summed E-state index contributed by atoms with van der Waals surface area (Å²) < 4.78 is 12.5. The Hall–Kier alpha value is -2.81. The lowest BCUT2D eigenvalue weighted by Crippen LogP contribution is -2.62. The molecule has 0 aromatic heterocycles. The lowest BCUT2D eigenvalue weighted by atomic mass is 9.51. The Morgan fingerprint density at radius 1 is 0.833 bits per heavy atom. The highest BCUT2D eigenvalue weighted by atomic mass is 16.5. The first-order valence-corrected chi connectivity index (χ1v) is 21.1. The Bertz CT molecular complexity index is 1270. The van der Waals surface area contributed by atoms with Gasteiger partial charge in [0.1, 0.15) is 24.2 Å². The van der Waals surface area contributed by atoms with Gasteiger partial charge in [0.2, 0.25) is 29.5 Å². The Morgan fingerprint density at radius 2 is 1.52 bits per heavy atom. The van der Waals surface area contributed by atoms with E-state index in [-0.39, 0.29) is 50.1 Å². The van der Waals surface area contributed by atoms with Gasteiger partial charge in [0, 0.05) is 20.1 Å². The highest BCUT2D eigenvalue weighted by molar-refractivity contribution is 5.96. The topological polar surface area (TPSA) is 207 Å². The second-order valence-corrected chi connectivity index (χ2v) is 17.2. The largest absolute Gasteiger partial charge is 0.376 e. The van der Waals surface area contributed by atoms with E-state index in [1.54, 1.807) is 7.05 Å². The van der Waals surface area contributed by atoms with Crippen molar-refractivity contribution in [2.75, 3.05) is 39.9 Å². The lowest BCUT2D eigenvalue weighted by Gasteiger charge is -2.55. The molecule has 0 radical (unpaired) electrons. The van der Waals surface area contributed by atoms with E-state index < -0.39 is 53.9 Å². The molecule has 14 heteroatoms. The van der Waals surface area contributed by atoms with Crippen LogP contribution in [0.5, 0.6) is 0 Å². The first-order chi connectivity index (χ1) is 26.0. The summed E-state index contributed by atoms with van der Waals surface area (Å²) in [7, 11) is 1.67. The van der Waals surface area contributed by atoms with Crippen LogP contribution in [0.25, 0.3) is 0 Å². The van der Waals surface area contributed by atoms with E-state index in [1.807, 2.05) is 13.8 Å². The van der Waals surface area contributed by atoms with Crippen LogP contribution >= 0.6 is 0 Å². The van der Waals surface area contributed by atoms with Gasteiger partial charge in [-0.05, 0) is 93.9 Å². The summed E-state index contributed by atoms with van der Waals surface area (Å²) in [6, 6.07) is -3.92. The Balaban J connectivity index is 1.39. The molecule has 14 nitrogen and oxygen atoms in total. The van der Waals surface area contributed by atoms with Crippen molar-refractivity contribution in [1.29, 1.82) is 0 Å². The average Bonchev–Trinajstić information content (AvgIpc) is 3.40. The van der Waals surface area contributed by atoms with E-state index in [4.69, 9.17) is 20.9 Å². The highest BCUT2D eigenvalue weighted by Crippen LogP contribution is 2.60. The molecular formula is C40H69N7O7. The molecule has 6 atom stereocenters. The fraction of sp³-hybridized carbons (Fsp3) is 0.875. The number of hydrogen-bond donors (Lipinski definition) is 6. The minimum atomic E-state index is -1.16. The van der Waals surface area contributed by atoms with Gasteiger partial charge in [-0.3, -0.25) is 24.0 Å². The SMILES string of the molecule is CCCC1C(=O)NC(C2CCCCCC2)C(=O)NC(CN)C(=O)NC(COC2CC(CN)C2)C(=O)NCCO[C@H](CC2CC3(CCC3)C2)C(C)C(=O)N1C. The third kappa shape index (κ3) is 10.7. The molecule has 0 bridgehead atoms. The van der Waals surface area contributed by atoms with E-state index in [9.17, 15) is 24.0 Å². The number of likely N-dealkylation sites (N-methyl/N-ethyl adjacent to an activating group) is 1. The first-order valence-electron chi connectivity index (χ1n) is 21.1. The maximum Gasteiger partial charge on any atom is 0.245 e. The Labute approximate surface area is 322 Å². The molecule has 1 aliphatic heterocycles. The van der Waals surface area contributed by atoms with E-state index in [1.165, 1.54) is 24.2 Å². The van der Waals surface area contributed by atoms with Crippen LogP contribution in [-0.4, -0.2) is 111 Å². The van der Waals surface area contributed by atoms with Crippen LogP contribution in [0, 0.1) is 29.1 Å². The molecule has 5 unspecified atom stereocenters. The third-order valence-electron chi connectivity index (χ3n) is 13.3. The zero-order valence-electron chi connectivity index (χ0n) is 33.1. The van der Waals surface area contributed by atoms with Gasteiger partial charge in [-0.15, -0.1) is 0 Å². The van der Waals surface area contributed by atoms with Gasteiger partial charge < -0.3 is 47.1 Å². The van der Waals surface area contributed by atoms with Crippen molar-refractivity contribution in [3.05, 3.63) is 0 Å². The summed E-state index contributed by atoms with van der Waals surface area (Å²) in [4.78, 5) is 71.4. The second kappa shape index (κ2) is 19.9. The molecule has 4 saturated carbocycles. The van der Waals surface area contributed by atoms with E-state index >= 15 is 0 Å². The predicted molar refractivity (Wildman–Crippen MR) is 205 cm³/mol. The Kier molecular flexibility index (Phi) is 15.6. The zero-order chi connectivity index (χ0) is 38.8. The van der Waals surface area contributed by atoms with Crippen molar-refractivity contribution in [3.63, 3.8) is 0 Å². The monoisotopic (exact) mass is 760 g/mol. The van der Waals surface area contributed by atoms with Crippen LogP contribution in [0.2, 0.25) is 0 Å². The summed E-state index contributed by atoms with van der Waals surface area (Å²) >= 11 is 0. The maximum atomic E-state index is 14.2. The number of amides is 5. The molecule has 1 spiro atoms. The number of ether oxygens (including phenoxy) is 2. The van der Waals surface area contributed by atoms with Gasteiger partial charge in [0.05, 0.1) is 31.3 Å². The predicted octanol–water partition coefficient (Wildman–Crippen LogP) is 1.87. The quantitative estimate of drug-likeness (QED) is 0.180. The molecule has 5 fully saturated rings. The molecule has 5 rings (SSSR count). The lowest BCUT2D eigenvalue weighted by molar-refractivity contribution is -0.148. The third-order valence-corrected chi connectivity index (χ3v) is 13.3. The molecule has 8 N–H and O–H groups in total. The summed E-state index contributed by atoms with van der Waals surface area (Å²) in [6.07, 6.45) is 14.5. The first kappa shape index (κ1) is 42.3. The number of nitrogens with two attached hydrogens (primary N) is 2. The van der Waals surface area contributed by atoms with Crippen LogP contribution < -0.4 is 32.7 Å². The van der Waals surface area contributed by atoms with Crippen molar-refractivity contribution in [2.24, 2.45) is 40.6 Å². The van der Waals surface area contributed by atoms with Crippen LogP contribution in [0.4, 0.5) is 0 Å². The van der Waals surface area contributed by atoms with Crippen LogP contribution in [-0.2, 0) is 33.4 Å². The highest BCUT2D eigenvalue weighted by Gasteiger charge is 2.49. The van der Waals surface area contributed by atoms with Crippen molar-refractivity contribution >= 4 is 29.5 Å². The number of rotatable bonds is 10. The molecule has 306 valence electrons. The minimum absolute atomic E-state index is 0.0578. The fourth-order valence-electron chi connectivity index (χ4n) is 9.55. The van der Waals surface area contributed by atoms with E-state index in [0.29, 0.717) is 36.6 Å². The van der Waals surface area contributed by atoms with Crippen molar-refractivity contribution in [3.8, 4) is 0 Å². The molecule has 4 aliphatic carbocycles. The van der Waals surface area contributed by atoms with Crippen molar-refractivity contribution < 1.29 is 33.4 Å². The van der Waals surface area contributed by atoms with Gasteiger partial charge >= 0.3 is 0 Å². The summed E-state index contributed by atoms with van der Waals surface area (Å²) in [5.74, 6) is -2.00. The molecule has 5 aliphatic rings. The maximum absolute atomic E-state index is 14.2. The van der Waals surface area contributed by atoms with Gasteiger partial charge in [-0.1, -0.05) is 52.4 Å². The molecule has 0 aromatic rings. The van der Waals surface area contributed by atoms with Crippen molar-refractivity contribution in [2.45, 2.75) is 153 Å². The van der Waals surface area contributed by atoms with Gasteiger partial charge in [-0.2, -0.15) is 0 Å². The standard InChI is InChI=1S/C40H69N7O7/c1-4-10-32-37(50)46-34(28-11-7-5-6-8-12-28)38(51)44-30(23-42)36(49)45-31(24-54-29-17-26(18-29)22-41)35(48)43-15-16-53-33(25(2)39(52)47(32)3)19-27-20-40(21-27)13-9-14-40/h25-34H,4-24,41-42H2,1-3H3,(H,43,48)(H,44,51)(H,45,49)(H,46,50)/t25?,26?,29?,30?,31?,32?,33-,34?/m1/s1. The van der Waals surface area contributed by atoms with Crippen LogP contribution in [0.3, 0.4) is 0 Å². The number of hydrogen-bond acceptors (Lipinski definition) is 9. The second-order valence-electron chi connectivity index (χ2n) is 17.2. The molecule has 1 saturated heterocycles. The van der Waals surface area contributed by atoms with Crippen LogP contribution in [0.15, 0.2) is 0 Å². The molecule has 54 heavy (non-hydrogen) atoms. The molecule has 0 aromatic carbocycles.